The number of aromatic nitrogens is 2. The lowest BCUT2D eigenvalue weighted by molar-refractivity contribution is 0.0997. The second-order valence-electron chi connectivity index (χ2n) is 6.13. The lowest BCUT2D eigenvalue weighted by Gasteiger charge is -2.13. The van der Waals surface area contributed by atoms with Gasteiger partial charge in [0.2, 0.25) is 5.91 Å². The fraction of sp³-hybridized carbons (Fsp3) is 0. The summed E-state index contributed by atoms with van der Waals surface area (Å²) in [6.07, 6.45) is 3.29. The van der Waals surface area contributed by atoms with Gasteiger partial charge in [-0.25, -0.2) is 4.98 Å². The molecule has 0 atom stereocenters. The van der Waals surface area contributed by atoms with Gasteiger partial charge < -0.3 is 11.1 Å². The fourth-order valence-electron chi connectivity index (χ4n) is 2.98. The van der Waals surface area contributed by atoms with Gasteiger partial charge in [0.25, 0.3) is 5.91 Å². The molecule has 0 radical (unpaired) electrons. The second-order valence-corrected chi connectivity index (χ2v) is 6.54. The molecule has 0 aliphatic carbocycles. The van der Waals surface area contributed by atoms with Crippen molar-refractivity contribution in [3.8, 4) is 11.1 Å². The van der Waals surface area contributed by atoms with Crippen LogP contribution in [0.3, 0.4) is 0 Å². The SMILES string of the molecule is NC(=O)c1ccc(-c2cccc(Cl)c2NC(=O)c2cnc3ccccn23)cc1. The number of benzene rings is 2. The monoisotopic (exact) mass is 390 g/mol. The largest absolute Gasteiger partial charge is 0.366 e. The van der Waals surface area contributed by atoms with Crippen LogP contribution in [0.4, 0.5) is 5.69 Å². The molecule has 0 aliphatic rings. The van der Waals surface area contributed by atoms with Crippen LogP contribution in [0.1, 0.15) is 20.8 Å². The molecule has 138 valence electrons. The number of amides is 2. The maximum atomic E-state index is 12.9. The summed E-state index contributed by atoms with van der Waals surface area (Å²) in [4.78, 5) is 28.4. The van der Waals surface area contributed by atoms with E-state index < -0.39 is 5.91 Å². The Kier molecular flexibility index (Phi) is 4.55. The van der Waals surface area contributed by atoms with E-state index in [1.54, 1.807) is 47.0 Å². The first-order valence-corrected chi connectivity index (χ1v) is 8.84. The van der Waals surface area contributed by atoms with Crippen molar-refractivity contribution in [2.45, 2.75) is 0 Å². The van der Waals surface area contributed by atoms with Crippen LogP contribution < -0.4 is 11.1 Å². The van der Waals surface area contributed by atoms with Crippen molar-refractivity contribution in [3.63, 3.8) is 0 Å². The Morgan fingerprint density at radius 3 is 2.54 bits per heavy atom. The molecule has 6 nitrogen and oxygen atoms in total. The molecule has 0 fully saturated rings. The summed E-state index contributed by atoms with van der Waals surface area (Å²) >= 11 is 6.37. The molecule has 7 heteroatoms. The molecule has 4 aromatic rings. The Hall–Kier alpha value is -3.64. The lowest BCUT2D eigenvalue weighted by atomic mass is 10.0. The molecule has 4 rings (SSSR count). The second kappa shape index (κ2) is 7.17. The lowest BCUT2D eigenvalue weighted by Crippen LogP contribution is -2.15. The number of carbonyl (C=O) groups excluding carboxylic acids is 2. The molecular formula is C21H15ClN4O2. The van der Waals surface area contributed by atoms with Gasteiger partial charge in [-0.05, 0) is 35.9 Å². The number of imidazole rings is 1. The molecule has 3 N–H and O–H groups in total. The number of para-hydroxylation sites is 1. The molecule has 2 aromatic carbocycles. The van der Waals surface area contributed by atoms with Crippen molar-refractivity contribution in [2.75, 3.05) is 5.32 Å². The Bertz CT molecular complexity index is 1200. The number of nitrogens with one attached hydrogen (secondary N) is 1. The van der Waals surface area contributed by atoms with Crippen molar-refractivity contribution in [3.05, 3.63) is 89.3 Å². The van der Waals surface area contributed by atoms with Gasteiger partial charge in [-0.1, -0.05) is 41.9 Å². The number of halogens is 1. The van der Waals surface area contributed by atoms with Gasteiger partial charge in [0, 0.05) is 17.3 Å². The molecule has 28 heavy (non-hydrogen) atoms. The highest BCUT2D eigenvalue weighted by Crippen LogP contribution is 2.34. The molecule has 0 aliphatic heterocycles. The van der Waals surface area contributed by atoms with E-state index in [0.717, 1.165) is 11.1 Å². The third-order valence-electron chi connectivity index (χ3n) is 4.38. The number of carbonyl (C=O) groups is 2. The van der Waals surface area contributed by atoms with Gasteiger partial charge in [-0.3, -0.25) is 14.0 Å². The number of nitrogens with zero attached hydrogens (tertiary/aromatic N) is 2. The maximum absolute atomic E-state index is 12.9. The highest BCUT2D eigenvalue weighted by Gasteiger charge is 2.17. The van der Waals surface area contributed by atoms with E-state index in [1.807, 2.05) is 24.3 Å². The number of anilines is 1. The molecule has 0 spiro atoms. The minimum Gasteiger partial charge on any atom is -0.366 e. The maximum Gasteiger partial charge on any atom is 0.274 e. The van der Waals surface area contributed by atoms with Crippen LogP contribution in [0.2, 0.25) is 5.02 Å². The van der Waals surface area contributed by atoms with E-state index in [1.165, 1.54) is 6.20 Å². The molecule has 2 aromatic heterocycles. The van der Waals surface area contributed by atoms with E-state index in [2.05, 4.69) is 10.3 Å². The first-order valence-electron chi connectivity index (χ1n) is 8.47. The highest BCUT2D eigenvalue weighted by molar-refractivity contribution is 6.34. The minimum atomic E-state index is -0.501. The van der Waals surface area contributed by atoms with Gasteiger partial charge in [-0.15, -0.1) is 0 Å². The number of fused-ring (bicyclic) bond motifs is 1. The predicted octanol–water partition coefficient (Wildman–Crippen LogP) is 4.01. The Morgan fingerprint density at radius 2 is 1.79 bits per heavy atom. The molecule has 0 saturated heterocycles. The van der Waals surface area contributed by atoms with Crippen LogP contribution in [0.25, 0.3) is 16.8 Å². The summed E-state index contributed by atoms with van der Waals surface area (Å²) in [7, 11) is 0. The van der Waals surface area contributed by atoms with Crippen molar-refractivity contribution >= 4 is 34.7 Å². The van der Waals surface area contributed by atoms with Gasteiger partial charge in [-0.2, -0.15) is 0 Å². The van der Waals surface area contributed by atoms with Crippen LogP contribution in [0.5, 0.6) is 0 Å². The summed E-state index contributed by atoms with van der Waals surface area (Å²) in [6.45, 7) is 0. The predicted molar refractivity (Wildman–Crippen MR) is 109 cm³/mol. The summed E-state index contributed by atoms with van der Waals surface area (Å²) in [5.41, 5.74) is 8.77. The number of nitrogens with two attached hydrogens (primary N) is 1. The number of hydrogen-bond acceptors (Lipinski definition) is 3. The van der Waals surface area contributed by atoms with Crippen molar-refractivity contribution in [1.82, 2.24) is 9.38 Å². The zero-order valence-corrected chi connectivity index (χ0v) is 15.4. The van der Waals surface area contributed by atoms with E-state index >= 15 is 0 Å². The number of primary amides is 1. The van der Waals surface area contributed by atoms with Gasteiger partial charge in [0.1, 0.15) is 11.3 Å². The average molecular weight is 391 g/mol. The normalized spacial score (nSPS) is 10.8. The topological polar surface area (TPSA) is 89.5 Å². The third-order valence-corrected chi connectivity index (χ3v) is 4.70. The highest BCUT2D eigenvalue weighted by atomic mass is 35.5. The molecule has 0 saturated carbocycles. The van der Waals surface area contributed by atoms with Crippen LogP contribution >= 0.6 is 11.6 Å². The van der Waals surface area contributed by atoms with Gasteiger partial charge in [0.15, 0.2) is 0 Å². The zero-order chi connectivity index (χ0) is 19.7. The minimum absolute atomic E-state index is 0.332. The summed E-state index contributed by atoms with van der Waals surface area (Å²) in [6, 6.07) is 17.6. The smallest absolute Gasteiger partial charge is 0.274 e. The van der Waals surface area contributed by atoms with E-state index in [9.17, 15) is 9.59 Å². The van der Waals surface area contributed by atoms with Gasteiger partial charge >= 0.3 is 0 Å². The summed E-state index contributed by atoms with van der Waals surface area (Å²) in [5.74, 6) is -0.833. The number of hydrogen-bond donors (Lipinski definition) is 2. The van der Waals surface area contributed by atoms with E-state index in [4.69, 9.17) is 17.3 Å². The first kappa shape index (κ1) is 17.8. The van der Waals surface area contributed by atoms with E-state index in [-0.39, 0.29) is 5.91 Å². The molecule has 0 bridgehead atoms. The average Bonchev–Trinajstić information content (AvgIpc) is 3.14. The zero-order valence-electron chi connectivity index (χ0n) is 14.6. The molecule has 2 heterocycles. The summed E-state index contributed by atoms with van der Waals surface area (Å²) in [5, 5.41) is 3.29. The fourth-order valence-corrected chi connectivity index (χ4v) is 3.21. The Labute approximate surface area is 165 Å². The van der Waals surface area contributed by atoms with E-state index in [0.29, 0.717) is 27.6 Å². The van der Waals surface area contributed by atoms with Crippen molar-refractivity contribution < 1.29 is 9.59 Å². The van der Waals surface area contributed by atoms with Crippen LogP contribution in [-0.2, 0) is 0 Å². The number of rotatable bonds is 4. The molecular weight excluding hydrogens is 376 g/mol. The molecule has 0 unspecified atom stereocenters. The summed E-state index contributed by atoms with van der Waals surface area (Å²) < 4.78 is 1.70. The number of pyridine rings is 1. The molecule has 2 amide bonds. The van der Waals surface area contributed by atoms with Crippen molar-refractivity contribution in [2.24, 2.45) is 5.73 Å². The van der Waals surface area contributed by atoms with Crippen LogP contribution in [0, 0.1) is 0 Å². The Balaban J connectivity index is 1.72. The Morgan fingerprint density at radius 1 is 1.00 bits per heavy atom. The van der Waals surface area contributed by atoms with Crippen molar-refractivity contribution in [1.29, 1.82) is 0 Å². The van der Waals surface area contributed by atoms with Crippen LogP contribution in [-0.4, -0.2) is 21.2 Å². The third kappa shape index (κ3) is 3.21. The first-order chi connectivity index (χ1) is 13.5. The van der Waals surface area contributed by atoms with Crippen LogP contribution in [0.15, 0.2) is 73.1 Å². The quantitative estimate of drug-likeness (QED) is 0.551. The standard InChI is InChI=1S/C21H15ClN4O2/c22-16-5-3-4-15(13-7-9-14(10-8-13)20(23)27)19(16)25-21(28)17-12-24-18-6-1-2-11-26(17)18/h1-12H,(H2,23,27)(H,25,28). The van der Waals surface area contributed by atoms with Gasteiger partial charge in [0.05, 0.1) is 16.9 Å².